The van der Waals surface area contributed by atoms with Gasteiger partial charge in [-0.15, -0.1) is 0 Å². The lowest BCUT2D eigenvalue weighted by molar-refractivity contribution is -0.126. The normalized spacial score (nSPS) is 13.3. The highest BCUT2D eigenvalue weighted by Gasteiger charge is 2.21. The zero-order chi connectivity index (χ0) is 18.7. The summed E-state index contributed by atoms with van der Waals surface area (Å²) in [4.78, 5) is 30.8. The van der Waals surface area contributed by atoms with Gasteiger partial charge >= 0.3 is 0 Å². The number of carbonyl (C=O) groups excluding carboxylic acids is 2. The molecular formula is C21H23N3O2. The predicted octanol–water partition coefficient (Wildman–Crippen LogP) is 3.53. The molecule has 0 fully saturated rings. The molecule has 0 aliphatic carbocycles. The van der Waals surface area contributed by atoms with E-state index in [4.69, 9.17) is 0 Å². The van der Waals surface area contributed by atoms with E-state index in [1.165, 1.54) is 6.08 Å². The van der Waals surface area contributed by atoms with Crippen molar-refractivity contribution in [3.8, 4) is 0 Å². The van der Waals surface area contributed by atoms with Crippen molar-refractivity contribution in [1.82, 2.24) is 9.88 Å². The molecule has 0 atom stereocenters. The highest BCUT2D eigenvalue weighted by atomic mass is 16.2. The Morgan fingerprint density at radius 1 is 1.31 bits per heavy atom. The summed E-state index contributed by atoms with van der Waals surface area (Å²) in [5.74, 6) is 0.0268. The van der Waals surface area contributed by atoms with Crippen LogP contribution in [0.4, 0.5) is 5.69 Å². The molecule has 0 bridgehead atoms. The summed E-state index contributed by atoms with van der Waals surface area (Å²) in [7, 11) is 0. The Kier molecular flexibility index (Phi) is 5.16. The van der Waals surface area contributed by atoms with Crippen LogP contribution < -0.4 is 5.32 Å². The minimum atomic E-state index is -0.147. The molecule has 0 unspecified atom stereocenters. The van der Waals surface area contributed by atoms with E-state index < -0.39 is 0 Å². The number of fused-ring (bicyclic) bond motifs is 1. The first-order chi connectivity index (χ1) is 12.5. The van der Waals surface area contributed by atoms with E-state index in [0.717, 1.165) is 16.8 Å². The fourth-order valence-corrected chi connectivity index (χ4v) is 3.22. The summed E-state index contributed by atoms with van der Waals surface area (Å²) < 4.78 is 0. The first kappa shape index (κ1) is 17.9. The lowest BCUT2D eigenvalue weighted by Crippen LogP contribution is -2.35. The zero-order valence-corrected chi connectivity index (χ0v) is 15.2. The van der Waals surface area contributed by atoms with Gasteiger partial charge < -0.3 is 10.2 Å². The molecule has 1 aliphatic rings. The van der Waals surface area contributed by atoms with Gasteiger partial charge in [-0.05, 0) is 35.3 Å². The summed E-state index contributed by atoms with van der Waals surface area (Å²) in [6.45, 7) is 8.80. The van der Waals surface area contributed by atoms with Gasteiger partial charge in [0.25, 0.3) is 5.91 Å². The molecule has 26 heavy (non-hydrogen) atoms. The number of carbonyl (C=O) groups is 2. The summed E-state index contributed by atoms with van der Waals surface area (Å²) in [6.07, 6.45) is 3.71. The Labute approximate surface area is 153 Å². The SMILES string of the molecule is C=CC(=O)N1CCc2ncc(NC(=O)c3ccccc3C(C)C)cc2C1. The van der Waals surface area contributed by atoms with Crippen molar-refractivity contribution in [1.29, 1.82) is 0 Å². The molecular weight excluding hydrogens is 326 g/mol. The van der Waals surface area contributed by atoms with Gasteiger partial charge in [-0.3, -0.25) is 14.6 Å². The first-order valence-corrected chi connectivity index (χ1v) is 8.79. The highest BCUT2D eigenvalue weighted by molar-refractivity contribution is 6.05. The van der Waals surface area contributed by atoms with Crippen LogP contribution >= 0.6 is 0 Å². The van der Waals surface area contributed by atoms with Crippen molar-refractivity contribution in [3.05, 3.63) is 71.6 Å². The Morgan fingerprint density at radius 3 is 2.81 bits per heavy atom. The third-order valence-corrected chi connectivity index (χ3v) is 4.61. The fraction of sp³-hybridized carbons (Fsp3) is 0.286. The number of aromatic nitrogens is 1. The minimum Gasteiger partial charge on any atom is -0.334 e. The van der Waals surface area contributed by atoms with Gasteiger partial charge in [0.05, 0.1) is 11.9 Å². The quantitative estimate of drug-likeness (QED) is 0.859. The van der Waals surface area contributed by atoms with E-state index in [1.807, 2.05) is 30.3 Å². The third kappa shape index (κ3) is 3.67. The molecule has 1 N–H and O–H groups in total. The monoisotopic (exact) mass is 349 g/mol. The Morgan fingerprint density at radius 2 is 2.08 bits per heavy atom. The number of nitrogens with one attached hydrogen (secondary N) is 1. The number of hydrogen-bond acceptors (Lipinski definition) is 3. The Hall–Kier alpha value is -2.95. The lowest BCUT2D eigenvalue weighted by atomic mass is 9.97. The number of amides is 2. The molecule has 1 aromatic carbocycles. The van der Waals surface area contributed by atoms with Crippen LogP contribution in [0.3, 0.4) is 0 Å². The highest BCUT2D eigenvalue weighted by Crippen LogP contribution is 2.23. The number of anilines is 1. The van der Waals surface area contributed by atoms with E-state index in [1.54, 1.807) is 11.1 Å². The van der Waals surface area contributed by atoms with Crippen molar-refractivity contribution in [3.63, 3.8) is 0 Å². The third-order valence-electron chi connectivity index (χ3n) is 4.61. The molecule has 134 valence electrons. The number of pyridine rings is 1. The van der Waals surface area contributed by atoms with Gasteiger partial charge in [0.1, 0.15) is 0 Å². The predicted molar refractivity (Wildman–Crippen MR) is 102 cm³/mol. The zero-order valence-electron chi connectivity index (χ0n) is 15.2. The van der Waals surface area contributed by atoms with Crippen LogP contribution in [0.1, 0.15) is 46.9 Å². The maximum atomic E-state index is 12.7. The number of nitrogens with zero attached hydrogens (tertiary/aromatic N) is 2. The molecule has 0 saturated heterocycles. The van der Waals surface area contributed by atoms with Crippen LogP contribution in [0.2, 0.25) is 0 Å². The van der Waals surface area contributed by atoms with Crippen molar-refractivity contribution in [2.45, 2.75) is 32.7 Å². The maximum Gasteiger partial charge on any atom is 0.255 e. The lowest BCUT2D eigenvalue weighted by Gasteiger charge is -2.27. The summed E-state index contributed by atoms with van der Waals surface area (Å²) in [5, 5.41) is 2.94. The van der Waals surface area contributed by atoms with Gasteiger partial charge in [-0.25, -0.2) is 0 Å². The standard InChI is InChI=1S/C21H23N3O2/c1-4-20(25)24-10-9-19-15(13-24)11-16(12-22-19)23-21(26)18-8-6-5-7-17(18)14(2)3/h4-8,11-12,14H,1,9-10,13H2,2-3H3,(H,23,26). The van der Waals surface area contributed by atoms with E-state index in [2.05, 4.69) is 30.7 Å². The molecule has 2 aromatic rings. The second-order valence-corrected chi connectivity index (χ2v) is 6.74. The number of rotatable bonds is 4. The Balaban J connectivity index is 1.81. The smallest absolute Gasteiger partial charge is 0.255 e. The van der Waals surface area contributed by atoms with Crippen molar-refractivity contribution < 1.29 is 9.59 Å². The van der Waals surface area contributed by atoms with E-state index in [9.17, 15) is 9.59 Å². The molecule has 0 saturated carbocycles. The van der Waals surface area contributed by atoms with Crippen LogP contribution in [-0.2, 0) is 17.8 Å². The summed E-state index contributed by atoms with van der Waals surface area (Å²) in [6, 6.07) is 9.52. The number of hydrogen-bond donors (Lipinski definition) is 1. The van der Waals surface area contributed by atoms with Gasteiger partial charge in [0, 0.05) is 30.8 Å². The van der Waals surface area contributed by atoms with E-state index in [0.29, 0.717) is 30.8 Å². The minimum absolute atomic E-state index is 0.0871. The van der Waals surface area contributed by atoms with Gasteiger partial charge in [0.15, 0.2) is 0 Å². The topological polar surface area (TPSA) is 62.3 Å². The largest absolute Gasteiger partial charge is 0.334 e. The van der Waals surface area contributed by atoms with Gasteiger partial charge in [-0.2, -0.15) is 0 Å². The molecule has 1 aliphatic heterocycles. The van der Waals surface area contributed by atoms with Crippen LogP contribution in [0, 0.1) is 0 Å². The molecule has 0 spiro atoms. The molecule has 2 amide bonds. The van der Waals surface area contributed by atoms with Crippen LogP contribution in [0.5, 0.6) is 0 Å². The fourth-order valence-electron chi connectivity index (χ4n) is 3.22. The maximum absolute atomic E-state index is 12.7. The van der Waals surface area contributed by atoms with Crippen LogP contribution in [0.15, 0.2) is 49.2 Å². The average Bonchev–Trinajstić information content (AvgIpc) is 2.66. The average molecular weight is 349 g/mol. The molecule has 3 rings (SSSR count). The summed E-state index contributed by atoms with van der Waals surface area (Å²) >= 11 is 0. The molecule has 1 aromatic heterocycles. The second kappa shape index (κ2) is 7.52. The molecule has 2 heterocycles. The Bertz CT molecular complexity index is 858. The molecule has 5 heteroatoms. The van der Waals surface area contributed by atoms with Gasteiger partial charge in [0.2, 0.25) is 5.91 Å². The summed E-state index contributed by atoms with van der Waals surface area (Å²) in [5.41, 5.74) is 4.25. The van der Waals surface area contributed by atoms with Crippen molar-refractivity contribution in [2.75, 3.05) is 11.9 Å². The van der Waals surface area contributed by atoms with Crippen molar-refractivity contribution >= 4 is 17.5 Å². The van der Waals surface area contributed by atoms with Crippen LogP contribution in [0.25, 0.3) is 0 Å². The molecule has 5 nitrogen and oxygen atoms in total. The van der Waals surface area contributed by atoms with Crippen molar-refractivity contribution in [2.24, 2.45) is 0 Å². The van der Waals surface area contributed by atoms with Gasteiger partial charge in [-0.1, -0.05) is 38.6 Å². The van der Waals surface area contributed by atoms with E-state index >= 15 is 0 Å². The van der Waals surface area contributed by atoms with E-state index in [-0.39, 0.29) is 17.7 Å². The van der Waals surface area contributed by atoms with Crippen LogP contribution in [-0.4, -0.2) is 28.2 Å². The number of benzene rings is 1. The second-order valence-electron chi connectivity index (χ2n) is 6.74. The first-order valence-electron chi connectivity index (χ1n) is 8.79. The molecule has 0 radical (unpaired) electrons.